The molecule has 120 valence electrons. The van der Waals surface area contributed by atoms with Crippen molar-refractivity contribution in [3.63, 3.8) is 0 Å². The van der Waals surface area contributed by atoms with Crippen LogP contribution in [0.4, 0.5) is 5.69 Å². The molecular formula is C16H17N3O3S. The van der Waals surface area contributed by atoms with E-state index in [1.54, 1.807) is 54.1 Å². The van der Waals surface area contributed by atoms with Crippen LogP contribution in [-0.2, 0) is 23.7 Å². The van der Waals surface area contributed by atoms with Crippen molar-refractivity contribution >= 4 is 26.7 Å². The summed E-state index contributed by atoms with van der Waals surface area (Å²) in [4.78, 5) is 4.49. The molecule has 2 N–H and O–H groups in total. The molecule has 0 atom stereocenters. The molecule has 1 heterocycles. The van der Waals surface area contributed by atoms with Crippen LogP contribution in [0.5, 0.6) is 0 Å². The Balaban J connectivity index is 1.96. The molecule has 0 bridgehead atoms. The highest BCUT2D eigenvalue weighted by Gasteiger charge is 2.15. The number of nitrogens with one attached hydrogen (secondary N) is 1. The number of rotatable bonds is 4. The van der Waals surface area contributed by atoms with Gasteiger partial charge in [-0.25, -0.2) is 13.4 Å². The number of hydrogen-bond acceptors (Lipinski definition) is 4. The second kappa shape index (κ2) is 5.68. The van der Waals surface area contributed by atoms with E-state index in [4.69, 9.17) is 0 Å². The summed E-state index contributed by atoms with van der Waals surface area (Å²) in [5, 5.41) is 9.25. The van der Waals surface area contributed by atoms with Gasteiger partial charge in [-0.15, -0.1) is 0 Å². The van der Waals surface area contributed by atoms with Crippen LogP contribution in [0, 0.1) is 6.92 Å². The van der Waals surface area contributed by atoms with E-state index in [2.05, 4.69) is 9.71 Å². The number of fused-ring (bicyclic) bond motifs is 1. The Morgan fingerprint density at radius 2 is 1.87 bits per heavy atom. The van der Waals surface area contributed by atoms with E-state index in [0.717, 1.165) is 11.1 Å². The number of nitrogens with zero attached hydrogens (tertiary/aromatic N) is 2. The fourth-order valence-electron chi connectivity index (χ4n) is 2.39. The summed E-state index contributed by atoms with van der Waals surface area (Å²) in [6.45, 7) is 1.73. The molecule has 0 aliphatic rings. The third-order valence-electron chi connectivity index (χ3n) is 3.70. The van der Waals surface area contributed by atoms with E-state index in [-0.39, 0.29) is 11.5 Å². The van der Waals surface area contributed by atoms with Gasteiger partial charge in [0, 0.05) is 7.05 Å². The van der Waals surface area contributed by atoms with Gasteiger partial charge in [0.15, 0.2) is 0 Å². The molecule has 0 amide bonds. The Morgan fingerprint density at radius 1 is 1.17 bits per heavy atom. The number of imidazole rings is 1. The summed E-state index contributed by atoms with van der Waals surface area (Å²) >= 11 is 0. The molecule has 0 aliphatic heterocycles. The first-order chi connectivity index (χ1) is 10.9. The molecule has 3 rings (SSSR count). The van der Waals surface area contributed by atoms with Gasteiger partial charge >= 0.3 is 0 Å². The van der Waals surface area contributed by atoms with Crippen LogP contribution in [0.25, 0.3) is 11.0 Å². The van der Waals surface area contributed by atoms with E-state index in [1.165, 1.54) is 0 Å². The molecule has 3 aromatic rings. The quantitative estimate of drug-likeness (QED) is 0.767. The Morgan fingerprint density at radius 3 is 2.52 bits per heavy atom. The molecule has 1 aromatic heterocycles. The molecular weight excluding hydrogens is 314 g/mol. The fourth-order valence-corrected chi connectivity index (χ4v) is 3.44. The number of benzene rings is 2. The van der Waals surface area contributed by atoms with Crippen LogP contribution >= 0.6 is 0 Å². The Labute approximate surface area is 134 Å². The number of hydrogen-bond donors (Lipinski definition) is 2. The second-order valence-electron chi connectivity index (χ2n) is 5.37. The van der Waals surface area contributed by atoms with Gasteiger partial charge in [-0.1, -0.05) is 17.7 Å². The maximum absolute atomic E-state index is 12.4. The van der Waals surface area contributed by atoms with Crippen LogP contribution in [0.3, 0.4) is 0 Å². The molecule has 0 unspecified atom stereocenters. The van der Waals surface area contributed by atoms with Gasteiger partial charge in [0.05, 0.1) is 21.6 Å². The fraction of sp³-hybridized carbons (Fsp3) is 0.188. The van der Waals surface area contributed by atoms with Gasteiger partial charge < -0.3 is 9.67 Å². The van der Waals surface area contributed by atoms with E-state index in [1.807, 2.05) is 6.92 Å². The lowest BCUT2D eigenvalue weighted by Gasteiger charge is -2.08. The highest BCUT2D eigenvalue weighted by Crippen LogP contribution is 2.22. The molecule has 0 saturated heterocycles. The van der Waals surface area contributed by atoms with E-state index in [9.17, 15) is 13.5 Å². The lowest BCUT2D eigenvalue weighted by molar-refractivity contribution is 0.268. The van der Waals surface area contributed by atoms with Gasteiger partial charge in [-0.2, -0.15) is 0 Å². The smallest absolute Gasteiger partial charge is 0.261 e. The van der Waals surface area contributed by atoms with Crippen LogP contribution in [-0.4, -0.2) is 23.1 Å². The first kappa shape index (κ1) is 15.5. The number of aromatic nitrogens is 2. The van der Waals surface area contributed by atoms with Crippen molar-refractivity contribution in [2.45, 2.75) is 18.4 Å². The summed E-state index contributed by atoms with van der Waals surface area (Å²) < 4.78 is 29.1. The minimum Gasteiger partial charge on any atom is -0.388 e. The number of aliphatic hydroxyl groups excluding tert-OH is 1. The predicted molar refractivity (Wildman–Crippen MR) is 88.6 cm³/mol. The lowest BCUT2D eigenvalue weighted by atomic mass is 10.2. The van der Waals surface area contributed by atoms with Crippen LogP contribution in [0.2, 0.25) is 0 Å². The molecule has 2 aromatic carbocycles. The molecule has 0 spiro atoms. The van der Waals surface area contributed by atoms with Gasteiger partial charge in [-0.3, -0.25) is 4.72 Å². The number of anilines is 1. The van der Waals surface area contributed by atoms with Gasteiger partial charge in [0.1, 0.15) is 12.4 Å². The average molecular weight is 331 g/mol. The van der Waals surface area contributed by atoms with Gasteiger partial charge in [-0.05, 0) is 37.3 Å². The average Bonchev–Trinajstić information content (AvgIpc) is 2.83. The molecule has 0 radical (unpaired) electrons. The molecule has 0 saturated carbocycles. The van der Waals surface area contributed by atoms with Crippen molar-refractivity contribution in [3.8, 4) is 0 Å². The lowest BCUT2D eigenvalue weighted by Crippen LogP contribution is -2.12. The zero-order valence-electron chi connectivity index (χ0n) is 12.8. The topological polar surface area (TPSA) is 84.2 Å². The summed E-state index contributed by atoms with van der Waals surface area (Å²) in [5.74, 6) is 0.526. The maximum atomic E-state index is 12.4. The third kappa shape index (κ3) is 2.93. The minimum atomic E-state index is -3.64. The Kier molecular flexibility index (Phi) is 3.83. The van der Waals surface area contributed by atoms with E-state index >= 15 is 0 Å². The summed E-state index contributed by atoms with van der Waals surface area (Å²) in [7, 11) is -1.84. The largest absolute Gasteiger partial charge is 0.388 e. The zero-order valence-corrected chi connectivity index (χ0v) is 13.6. The van der Waals surface area contributed by atoms with Crippen molar-refractivity contribution in [3.05, 3.63) is 53.9 Å². The van der Waals surface area contributed by atoms with E-state index < -0.39 is 10.0 Å². The van der Waals surface area contributed by atoms with E-state index in [0.29, 0.717) is 17.0 Å². The summed E-state index contributed by atoms with van der Waals surface area (Å²) in [6.07, 6.45) is 0. The first-order valence-corrected chi connectivity index (χ1v) is 8.55. The Bertz CT molecular complexity index is 960. The maximum Gasteiger partial charge on any atom is 0.261 e. The van der Waals surface area contributed by atoms with Crippen molar-refractivity contribution in [2.75, 3.05) is 4.72 Å². The van der Waals surface area contributed by atoms with Crippen LogP contribution in [0.15, 0.2) is 47.4 Å². The highest BCUT2D eigenvalue weighted by atomic mass is 32.2. The van der Waals surface area contributed by atoms with Crippen molar-refractivity contribution < 1.29 is 13.5 Å². The van der Waals surface area contributed by atoms with Crippen molar-refractivity contribution in [1.82, 2.24) is 9.55 Å². The predicted octanol–water partition coefficient (Wildman–Crippen LogP) is 2.17. The summed E-state index contributed by atoms with van der Waals surface area (Å²) in [6, 6.07) is 11.8. The Hall–Kier alpha value is -2.38. The molecule has 0 fully saturated rings. The van der Waals surface area contributed by atoms with Gasteiger partial charge in [0.2, 0.25) is 0 Å². The standard InChI is InChI=1S/C16H17N3O3S/c1-11-3-6-13(7-4-11)23(21,22)18-12-5-8-15-14(9-12)17-16(10-20)19(15)2/h3-9,18,20H,10H2,1-2H3. The normalized spacial score (nSPS) is 11.8. The zero-order chi connectivity index (χ0) is 16.6. The number of sulfonamides is 1. The number of aryl methyl sites for hydroxylation is 2. The second-order valence-corrected chi connectivity index (χ2v) is 7.05. The SMILES string of the molecule is Cc1ccc(S(=O)(=O)Nc2ccc3c(c2)nc(CO)n3C)cc1. The monoisotopic (exact) mass is 331 g/mol. The van der Waals surface area contributed by atoms with Crippen molar-refractivity contribution in [1.29, 1.82) is 0 Å². The van der Waals surface area contributed by atoms with Crippen molar-refractivity contribution in [2.24, 2.45) is 7.05 Å². The van der Waals surface area contributed by atoms with Crippen LogP contribution in [0.1, 0.15) is 11.4 Å². The number of aliphatic hydroxyl groups is 1. The molecule has 0 aliphatic carbocycles. The summed E-state index contributed by atoms with van der Waals surface area (Å²) in [5.41, 5.74) is 2.88. The first-order valence-electron chi connectivity index (χ1n) is 7.06. The van der Waals surface area contributed by atoms with Crippen LogP contribution < -0.4 is 4.72 Å². The molecule has 23 heavy (non-hydrogen) atoms. The molecule has 7 heteroatoms. The molecule has 6 nitrogen and oxygen atoms in total. The minimum absolute atomic E-state index is 0.171. The van der Waals surface area contributed by atoms with Gasteiger partial charge in [0.25, 0.3) is 10.0 Å². The highest BCUT2D eigenvalue weighted by molar-refractivity contribution is 7.92. The third-order valence-corrected chi connectivity index (χ3v) is 5.10.